The molecule has 2 heterocycles. The number of hydrogen-bond acceptors (Lipinski definition) is 3. The first-order valence-corrected chi connectivity index (χ1v) is 4.29. The molecule has 2 bridgehead atoms. The second-order valence-electron chi connectivity index (χ2n) is 3.50. The van der Waals surface area contributed by atoms with Gasteiger partial charge in [0, 0.05) is 0 Å². The molecule has 2 saturated heterocycles. The third-order valence-corrected chi connectivity index (χ3v) is 2.70. The Morgan fingerprint density at radius 2 is 1.27 bits per heavy atom. The lowest BCUT2D eigenvalue weighted by Crippen LogP contribution is -2.48. The quantitative estimate of drug-likeness (QED) is 0.523. The van der Waals surface area contributed by atoms with E-state index in [0.717, 1.165) is 25.7 Å². The highest BCUT2D eigenvalue weighted by molar-refractivity contribution is 4.87. The monoisotopic (exact) mass is 158 g/mol. The van der Waals surface area contributed by atoms with Gasteiger partial charge in [-0.05, 0) is 25.7 Å². The summed E-state index contributed by atoms with van der Waals surface area (Å²) in [6.07, 6.45) is 2.59. The topological polar surface area (TPSA) is 49.7 Å². The van der Waals surface area contributed by atoms with Crippen molar-refractivity contribution in [3.8, 4) is 0 Å². The molecular weight excluding hydrogens is 144 g/mol. The molecule has 0 aromatic rings. The number of rotatable bonds is 0. The van der Waals surface area contributed by atoms with Crippen LogP contribution in [0, 0.1) is 0 Å². The van der Waals surface area contributed by atoms with Crippen molar-refractivity contribution in [3.05, 3.63) is 0 Å². The van der Waals surface area contributed by atoms with Crippen molar-refractivity contribution in [2.75, 3.05) is 0 Å². The molecule has 2 N–H and O–H groups in total. The molecule has 0 radical (unpaired) electrons. The van der Waals surface area contributed by atoms with Gasteiger partial charge < -0.3 is 14.9 Å². The van der Waals surface area contributed by atoms with Gasteiger partial charge in [0.25, 0.3) is 0 Å². The molecule has 3 nitrogen and oxygen atoms in total. The molecule has 4 atom stereocenters. The number of fused-ring (bicyclic) bond motifs is 2. The van der Waals surface area contributed by atoms with E-state index in [9.17, 15) is 10.2 Å². The zero-order valence-corrected chi connectivity index (χ0v) is 6.44. The van der Waals surface area contributed by atoms with Crippen LogP contribution in [-0.4, -0.2) is 34.6 Å². The maximum atomic E-state index is 9.40. The van der Waals surface area contributed by atoms with E-state index >= 15 is 0 Å². The van der Waals surface area contributed by atoms with Crippen LogP contribution in [0.1, 0.15) is 25.7 Å². The molecule has 0 aliphatic carbocycles. The van der Waals surface area contributed by atoms with E-state index in [-0.39, 0.29) is 24.4 Å². The fourth-order valence-electron chi connectivity index (χ4n) is 1.97. The van der Waals surface area contributed by atoms with Gasteiger partial charge in [-0.15, -0.1) is 0 Å². The summed E-state index contributed by atoms with van der Waals surface area (Å²) in [6.45, 7) is 0. The van der Waals surface area contributed by atoms with Crippen LogP contribution in [0.25, 0.3) is 0 Å². The van der Waals surface area contributed by atoms with Gasteiger partial charge in [-0.25, -0.2) is 0 Å². The molecule has 11 heavy (non-hydrogen) atoms. The van der Waals surface area contributed by atoms with E-state index in [1.807, 2.05) is 0 Å². The van der Waals surface area contributed by atoms with Crippen LogP contribution in [-0.2, 0) is 4.74 Å². The Labute approximate surface area is 66.0 Å². The molecule has 3 heteroatoms. The second-order valence-corrected chi connectivity index (χ2v) is 3.50. The smallest absolute Gasteiger partial charge is 0.0840 e. The predicted octanol–water partition coefficient (Wildman–Crippen LogP) is 0.0496. The summed E-state index contributed by atoms with van der Waals surface area (Å²) in [7, 11) is 0. The molecule has 2 rings (SSSR count). The van der Waals surface area contributed by atoms with Crippen LogP contribution in [0.3, 0.4) is 0 Å². The molecule has 0 aromatic carbocycles. The maximum Gasteiger partial charge on any atom is 0.0840 e. The van der Waals surface area contributed by atoms with Crippen molar-refractivity contribution in [3.63, 3.8) is 0 Å². The summed E-state index contributed by atoms with van der Waals surface area (Å²) in [6, 6.07) is 0. The second kappa shape index (κ2) is 2.73. The molecule has 0 aromatic heterocycles. The zero-order valence-electron chi connectivity index (χ0n) is 6.44. The summed E-state index contributed by atoms with van der Waals surface area (Å²) < 4.78 is 5.45. The third kappa shape index (κ3) is 1.28. The van der Waals surface area contributed by atoms with Crippen molar-refractivity contribution in [1.82, 2.24) is 0 Å². The van der Waals surface area contributed by atoms with E-state index in [4.69, 9.17) is 4.74 Å². The van der Waals surface area contributed by atoms with Crippen LogP contribution in [0.2, 0.25) is 0 Å². The van der Waals surface area contributed by atoms with Gasteiger partial charge in [0.1, 0.15) is 0 Å². The number of aliphatic hydroxyl groups is 2. The number of aliphatic hydroxyl groups excluding tert-OH is 2. The lowest BCUT2D eigenvalue weighted by atomic mass is 9.88. The van der Waals surface area contributed by atoms with Gasteiger partial charge in [0.2, 0.25) is 0 Å². The van der Waals surface area contributed by atoms with Crippen LogP contribution < -0.4 is 0 Å². The number of ether oxygens (including phenoxy) is 1. The van der Waals surface area contributed by atoms with Crippen molar-refractivity contribution in [1.29, 1.82) is 0 Å². The summed E-state index contributed by atoms with van der Waals surface area (Å²) >= 11 is 0. The molecule has 0 saturated carbocycles. The minimum Gasteiger partial charge on any atom is -0.390 e. The minimum absolute atomic E-state index is 0.00264. The van der Waals surface area contributed by atoms with Gasteiger partial charge in [-0.3, -0.25) is 0 Å². The molecule has 0 spiro atoms. The molecule has 2 fully saturated rings. The lowest BCUT2D eigenvalue weighted by molar-refractivity contribution is -0.182. The van der Waals surface area contributed by atoms with Crippen molar-refractivity contribution >= 4 is 0 Å². The molecule has 0 amide bonds. The van der Waals surface area contributed by atoms with Gasteiger partial charge in [0.15, 0.2) is 0 Å². The van der Waals surface area contributed by atoms with Gasteiger partial charge in [-0.2, -0.15) is 0 Å². The Hall–Kier alpha value is -0.120. The average Bonchev–Trinajstić information content (AvgIpc) is 2.02. The summed E-state index contributed by atoms with van der Waals surface area (Å²) in [5.74, 6) is 0. The lowest BCUT2D eigenvalue weighted by Gasteiger charge is -2.40. The van der Waals surface area contributed by atoms with E-state index < -0.39 is 0 Å². The standard InChI is InChI=1S/C8H14O3/c9-5-1-3-7-6(10)2-4-8(5)11-7/h5-10H,1-4H2/t5-,6-,7+,8+/m0/s1. The molecule has 2 aliphatic heterocycles. The van der Waals surface area contributed by atoms with Crippen LogP contribution in [0.5, 0.6) is 0 Å². The number of hydrogen-bond donors (Lipinski definition) is 2. The molecule has 64 valence electrons. The Bertz CT molecular complexity index is 132. The van der Waals surface area contributed by atoms with Crippen molar-refractivity contribution < 1.29 is 14.9 Å². The van der Waals surface area contributed by atoms with Crippen LogP contribution >= 0.6 is 0 Å². The molecular formula is C8H14O3. The minimum atomic E-state index is -0.293. The molecule has 2 aliphatic rings. The first-order valence-electron chi connectivity index (χ1n) is 4.29. The first kappa shape index (κ1) is 7.53. The summed E-state index contributed by atoms with van der Waals surface area (Å²) in [4.78, 5) is 0. The highest BCUT2D eigenvalue weighted by Gasteiger charge is 2.37. The van der Waals surface area contributed by atoms with Crippen LogP contribution in [0.4, 0.5) is 0 Å². The van der Waals surface area contributed by atoms with Crippen LogP contribution in [0.15, 0.2) is 0 Å². The Balaban J connectivity index is 2.02. The Morgan fingerprint density at radius 3 is 1.73 bits per heavy atom. The highest BCUT2D eigenvalue weighted by atomic mass is 16.5. The van der Waals surface area contributed by atoms with Crippen molar-refractivity contribution in [2.24, 2.45) is 0 Å². The third-order valence-electron chi connectivity index (χ3n) is 2.70. The first-order chi connectivity index (χ1) is 5.27. The maximum absolute atomic E-state index is 9.40. The highest BCUT2D eigenvalue weighted by Crippen LogP contribution is 2.30. The van der Waals surface area contributed by atoms with E-state index in [1.54, 1.807) is 0 Å². The van der Waals surface area contributed by atoms with Gasteiger partial charge in [-0.1, -0.05) is 0 Å². The Kier molecular flexibility index (Phi) is 1.87. The summed E-state index contributed by atoms with van der Waals surface area (Å²) in [5, 5.41) is 18.8. The molecule has 0 unspecified atom stereocenters. The fraction of sp³-hybridized carbons (Fsp3) is 1.00. The normalized spacial score (nSPS) is 50.7. The summed E-state index contributed by atoms with van der Waals surface area (Å²) in [5.41, 5.74) is 0. The van der Waals surface area contributed by atoms with E-state index in [2.05, 4.69) is 0 Å². The van der Waals surface area contributed by atoms with Crippen molar-refractivity contribution in [2.45, 2.75) is 50.1 Å². The largest absolute Gasteiger partial charge is 0.390 e. The SMILES string of the molecule is O[C@H]1CC[C@H]2O[C@@H]1CC[C@@H]2O. The average molecular weight is 158 g/mol. The van der Waals surface area contributed by atoms with Gasteiger partial charge >= 0.3 is 0 Å². The van der Waals surface area contributed by atoms with Gasteiger partial charge in [0.05, 0.1) is 24.4 Å². The fourth-order valence-corrected chi connectivity index (χ4v) is 1.97. The van der Waals surface area contributed by atoms with E-state index in [0.29, 0.717) is 0 Å². The zero-order chi connectivity index (χ0) is 7.84. The van der Waals surface area contributed by atoms with E-state index in [1.165, 1.54) is 0 Å². The Morgan fingerprint density at radius 1 is 0.818 bits per heavy atom. The predicted molar refractivity (Wildman–Crippen MR) is 39.1 cm³/mol.